The third kappa shape index (κ3) is 5.77. The number of piperidine rings is 1. The molecule has 2 aromatic carbocycles. The van der Waals surface area contributed by atoms with Crippen molar-refractivity contribution in [2.45, 2.75) is 24.2 Å². The molecule has 0 saturated carbocycles. The van der Waals surface area contributed by atoms with Gasteiger partial charge in [-0.2, -0.15) is 4.31 Å². The number of hydrogen-bond acceptors (Lipinski definition) is 4. The summed E-state index contributed by atoms with van der Waals surface area (Å²) in [5.74, 6) is -0.472. The van der Waals surface area contributed by atoms with E-state index < -0.39 is 15.8 Å². The van der Waals surface area contributed by atoms with E-state index in [1.165, 1.54) is 34.6 Å². The van der Waals surface area contributed by atoms with E-state index in [4.69, 9.17) is 0 Å². The summed E-state index contributed by atoms with van der Waals surface area (Å²) in [5, 5.41) is 0. The molecule has 2 fully saturated rings. The molecule has 0 atom stereocenters. The Hall–Kier alpha value is -2.36. The van der Waals surface area contributed by atoms with E-state index in [-0.39, 0.29) is 29.7 Å². The van der Waals surface area contributed by atoms with Crippen molar-refractivity contribution in [1.29, 1.82) is 0 Å². The van der Waals surface area contributed by atoms with Crippen LogP contribution < -0.4 is 0 Å². The minimum atomic E-state index is -3.91. The lowest BCUT2D eigenvalue weighted by Gasteiger charge is -2.36. The molecule has 9 heteroatoms. The van der Waals surface area contributed by atoms with Crippen molar-refractivity contribution < 1.29 is 22.0 Å². The summed E-state index contributed by atoms with van der Waals surface area (Å²) in [4.78, 5) is 16.3. The van der Waals surface area contributed by atoms with Gasteiger partial charge < -0.3 is 4.90 Å². The summed E-state index contributed by atoms with van der Waals surface area (Å²) >= 11 is 0. The zero-order valence-electron chi connectivity index (χ0n) is 18.5. The molecule has 0 radical (unpaired) electrons. The van der Waals surface area contributed by atoms with Crippen LogP contribution in [0.1, 0.15) is 18.4 Å². The number of sulfonamides is 1. The molecule has 6 nitrogen and oxygen atoms in total. The lowest BCUT2D eigenvalue weighted by atomic mass is 9.90. The van der Waals surface area contributed by atoms with Gasteiger partial charge in [-0.3, -0.25) is 9.69 Å². The zero-order valence-corrected chi connectivity index (χ0v) is 19.3. The molecule has 2 aliphatic rings. The molecule has 0 unspecified atom stereocenters. The Morgan fingerprint density at radius 2 is 1.52 bits per heavy atom. The standard InChI is InChI=1S/C24H29F2N3O3S/c25-21-7-5-19(6-8-21)17-20-9-11-27(12-10-20)18-24(30)28-13-15-29(16-14-28)33(31,32)23-4-2-1-3-22(23)26/h1-8,20H,9-18H2. The first-order valence-electron chi connectivity index (χ1n) is 11.3. The van der Waals surface area contributed by atoms with Crippen LogP contribution in [0.25, 0.3) is 0 Å². The Bertz CT molecular complexity index is 1060. The van der Waals surface area contributed by atoms with Crippen molar-refractivity contribution in [2.24, 2.45) is 5.92 Å². The highest BCUT2D eigenvalue weighted by Crippen LogP contribution is 2.23. The quantitative estimate of drug-likeness (QED) is 0.642. The van der Waals surface area contributed by atoms with Crippen molar-refractivity contribution in [3.05, 3.63) is 65.7 Å². The van der Waals surface area contributed by atoms with Gasteiger partial charge in [-0.25, -0.2) is 17.2 Å². The average Bonchev–Trinajstić information content (AvgIpc) is 2.82. The maximum Gasteiger partial charge on any atom is 0.246 e. The van der Waals surface area contributed by atoms with Crippen LogP contribution in [0.4, 0.5) is 8.78 Å². The topological polar surface area (TPSA) is 60.9 Å². The van der Waals surface area contributed by atoms with Crippen LogP contribution in [0.3, 0.4) is 0 Å². The molecule has 0 aromatic heterocycles. The summed E-state index contributed by atoms with van der Waals surface area (Å²) in [6.45, 7) is 2.90. The second-order valence-corrected chi connectivity index (χ2v) is 10.7. The highest BCUT2D eigenvalue weighted by molar-refractivity contribution is 7.89. The van der Waals surface area contributed by atoms with Crippen LogP contribution in [0.15, 0.2) is 53.4 Å². The van der Waals surface area contributed by atoms with Gasteiger partial charge in [0.1, 0.15) is 16.5 Å². The summed E-state index contributed by atoms with van der Waals surface area (Å²) < 4.78 is 53.8. The number of halogens is 2. The first kappa shape index (κ1) is 23.8. The first-order chi connectivity index (χ1) is 15.8. The number of amides is 1. The van der Waals surface area contributed by atoms with Gasteiger partial charge in [0, 0.05) is 26.2 Å². The number of likely N-dealkylation sites (tertiary alicyclic amines) is 1. The lowest BCUT2D eigenvalue weighted by molar-refractivity contribution is -0.134. The predicted octanol–water partition coefficient (Wildman–Crippen LogP) is 2.75. The number of carbonyl (C=O) groups is 1. The fourth-order valence-electron chi connectivity index (χ4n) is 4.56. The molecule has 0 bridgehead atoms. The Balaban J connectivity index is 1.23. The van der Waals surface area contributed by atoms with Crippen LogP contribution in [0.2, 0.25) is 0 Å². The fourth-order valence-corrected chi connectivity index (χ4v) is 6.05. The van der Waals surface area contributed by atoms with Crippen molar-refractivity contribution in [2.75, 3.05) is 45.8 Å². The van der Waals surface area contributed by atoms with E-state index in [0.717, 1.165) is 44.0 Å². The molecule has 2 aromatic rings. The Labute approximate surface area is 193 Å². The Morgan fingerprint density at radius 1 is 0.879 bits per heavy atom. The molecule has 2 aliphatic heterocycles. The smallest absolute Gasteiger partial charge is 0.246 e. The largest absolute Gasteiger partial charge is 0.339 e. The van der Waals surface area contributed by atoms with Crippen LogP contribution in [-0.2, 0) is 21.2 Å². The molecule has 178 valence electrons. The molecule has 33 heavy (non-hydrogen) atoms. The fraction of sp³-hybridized carbons (Fsp3) is 0.458. The molecular formula is C24H29F2N3O3S. The number of piperazine rings is 1. The number of nitrogens with zero attached hydrogens (tertiary/aromatic N) is 3. The first-order valence-corrected chi connectivity index (χ1v) is 12.8. The second-order valence-electron chi connectivity index (χ2n) is 8.77. The number of carbonyl (C=O) groups excluding carboxylic acids is 1. The maximum absolute atomic E-state index is 14.0. The second kappa shape index (κ2) is 10.3. The predicted molar refractivity (Wildman–Crippen MR) is 121 cm³/mol. The van der Waals surface area contributed by atoms with Gasteiger partial charge >= 0.3 is 0 Å². The normalized spacial score (nSPS) is 19.0. The van der Waals surface area contributed by atoms with E-state index in [1.807, 2.05) is 12.1 Å². The molecule has 1 amide bonds. The van der Waals surface area contributed by atoms with Gasteiger partial charge in [-0.15, -0.1) is 0 Å². The molecule has 2 saturated heterocycles. The zero-order chi connectivity index (χ0) is 23.4. The Morgan fingerprint density at radius 3 is 2.15 bits per heavy atom. The van der Waals surface area contributed by atoms with Gasteiger partial charge in [0.2, 0.25) is 15.9 Å². The van der Waals surface area contributed by atoms with Crippen molar-refractivity contribution in [3.63, 3.8) is 0 Å². The Kier molecular flexibility index (Phi) is 7.41. The SMILES string of the molecule is O=C(CN1CCC(Cc2ccc(F)cc2)CC1)N1CCN(S(=O)(=O)c2ccccc2F)CC1. The molecule has 0 aliphatic carbocycles. The summed E-state index contributed by atoms with van der Waals surface area (Å²) in [6.07, 6.45) is 2.89. The lowest BCUT2D eigenvalue weighted by Crippen LogP contribution is -2.53. The van der Waals surface area contributed by atoms with Gasteiger partial charge in [-0.05, 0) is 68.1 Å². The average molecular weight is 478 g/mol. The highest BCUT2D eigenvalue weighted by atomic mass is 32.2. The van der Waals surface area contributed by atoms with Crippen LogP contribution in [0.5, 0.6) is 0 Å². The van der Waals surface area contributed by atoms with Crippen molar-refractivity contribution in [3.8, 4) is 0 Å². The number of benzene rings is 2. The van der Waals surface area contributed by atoms with Crippen molar-refractivity contribution >= 4 is 15.9 Å². The molecular weight excluding hydrogens is 448 g/mol. The maximum atomic E-state index is 14.0. The van der Waals surface area contributed by atoms with E-state index >= 15 is 0 Å². The third-order valence-corrected chi connectivity index (χ3v) is 8.48. The highest BCUT2D eigenvalue weighted by Gasteiger charge is 2.32. The molecule has 0 spiro atoms. The van der Waals surface area contributed by atoms with E-state index in [0.29, 0.717) is 25.6 Å². The van der Waals surface area contributed by atoms with E-state index in [1.54, 1.807) is 4.90 Å². The van der Waals surface area contributed by atoms with E-state index in [2.05, 4.69) is 4.90 Å². The number of hydrogen-bond donors (Lipinski definition) is 0. The minimum absolute atomic E-state index is 0.00470. The number of rotatable bonds is 6. The monoisotopic (exact) mass is 477 g/mol. The molecule has 2 heterocycles. The van der Waals surface area contributed by atoms with Gasteiger partial charge in [0.15, 0.2) is 0 Å². The third-order valence-electron chi connectivity index (χ3n) is 6.55. The molecule has 0 N–H and O–H groups in total. The van der Waals surface area contributed by atoms with E-state index in [9.17, 15) is 22.0 Å². The minimum Gasteiger partial charge on any atom is -0.339 e. The van der Waals surface area contributed by atoms with Gasteiger partial charge in [0.25, 0.3) is 0 Å². The summed E-state index contributed by atoms with van der Waals surface area (Å²) in [5.41, 5.74) is 1.13. The van der Waals surface area contributed by atoms with Crippen molar-refractivity contribution in [1.82, 2.24) is 14.1 Å². The van der Waals surface area contributed by atoms with Gasteiger partial charge in [0.05, 0.1) is 6.54 Å². The van der Waals surface area contributed by atoms with Crippen LogP contribution >= 0.6 is 0 Å². The van der Waals surface area contributed by atoms with Crippen LogP contribution in [0, 0.1) is 17.6 Å². The molecule has 4 rings (SSSR count). The summed E-state index contributed by atoms with van der Waals surface area (Å²) in [6, 6.07) is 12.0. The summed E-state index contributed by atoms with van der Waals surface area (Å²) in [7, 11) is -3.91. The van der Waals surface area contributed by atoms with Crippen LogP contribution in [-0.4, -0.2) is 74.2 Å². The van der Waals surface area contributed by atoms with Gasteiger partial charge in [-0.1, -0.05) is 24.3 Å².